The fourth-order valence-corrected chi connectivity index (χ4v) is 5.53. The number of amides is 1. The molecule has 0 bridgehead atoms. The van der Waals surface area contributed by atoms with Crippen molar-refractivity contribution in [2.24, 2.45) is 5.73 Å². The molecule has 7 heteroatoms. The van der Waals surface area contributed by atoms with Crippen molar-refractivity contribution in [3.05, 3.63) is 71.5 Å². The Morgan fingerprint density at radius 3 is 2.76 bits per heavy atom. The zero-order valence-corrected chi connectivity index (χ0v) is 19.5. The van der Waals surface area contributed by atoms with E-state index < -0.39 is 0 Å². The van der Waals surface area contributed by atoms with Crippen LogP contribution in [0.25, 0.3) is 16.4 Å². The number of carbonyl (C=O) groups excluding carboxylic acids is 1. The van der Waals surface area contributed by atoms with E-state index in [4.69, 9.17) is 15.8 Å². The Bertz CT molecular complexity index is 1370. The summed E-state index contributed by atoms with van der Waals surface area (Å²) in [6.45, 7) is 4.58. The summed E-state index contributed by atoms with van der Waals surface area (Å²) in [4.78, 5) is 23.0. The van der Waals surface area contributed by atoms with E-state index in [-0.39, 0.29) is 18.0 Å². The molecule has 2 fully saturated rings. The quantitative estimate of drug-likeness (QED) is 0.504. The molecular weight excluding hydrogens is 424 g/mol. The maximum Gasteiger partial charge on any atom is 0.255 e. The molecule has 2 aromatic carbocycles. The van der Waals surface area contributed by atoms with Crippen molar-refractivity contribution in [1.29, 1.82) is 0 Å². The fourth-order valence-electron chi connectivity index (χ4n) is 5.53. The number of likely N-dealkylation sites (tertiary alicyclic amines) is 1. The van der Waals surface area contributed by atoms with Crippen LogP contribution >= 0.6 is 0 Å². The lowest BCUT2D eigenvalue weighted by Crippen LogP contribution is -2.38. The van der Waals surface area contributed by atoms with Crippen molar-refractivity contribution < 1.29 is 4.79 Å². The minimum absolute atomic E-state index is 0.0501. The van der Waals surface area contributed by atoms with Crippen molar-refractivity contribution >= 4 is 28.1 Å². The van der Waals surface area contributed by atoms with E-state index in [9.17, 15) is 4.79 Å². The monoisotopic (exact) mass is 454 g/mol. The molecule has 0 spiro atoms. The summed E-state index contributed by atoms with van der Waals surface area (Å²) < 4.78 is 1.86. The molecule has 2 atom stereocenters. The number of aryl methyl sites for hydroxylation is 1. The van der Waals surface area contributed by atoms with Crippen LogP contribution in [0.5, 0.6) is 0 Å². The third-order valence-corrected chi connectivity index (χ3v) is 7.27. The first-order chi connectivity index (χ1) is 16.6. The van der Waals surface area contributed by atoms with E-state index in [2.05, 4.69) is 30.0 Å². The molecule has 0 saturated carbocycles. The lowest BCUT2D eigenvalue weighted by Gasteiger charge is -2.35. The van der Waals surface area contributed by atoms with Gasteiger partial charge in [0, 0.05) is 49.1 Å². The first-order valence-corrected chi connectivity index (χ1v) is 12.2. The molecule has 34 heavy (non-hydrogen) atoms. The van der Waals surface area contributed by atoms with Crippen molar-refractivity contribution in [2.45, 2.75) is 44.7 Å². The summed E-state index contributed by atoms with van der Waals surface area (Å²) in [7, 11) is 0. The minimum atomic E-state index is -0.0501. The number of nitrogens with two attached hydrogens (primary N) is 1. The van der Waals surface area contributed by atoms with E-state index in [0.29, 0.717) is 0 Å². The second kappa shape index (κ2) is 8.40. The third-order valence-electron chi connectivity index (χ3n) is 7.27. The zero-order chi connectivity index (χ0) is 23.2. The van der Waals surface area contributed by atoms with Crippen LogP contribution in [0.3, 0.4) is 0 Å². The molecule has 174 valence electrons. The Morgan fingerprint density at radius 2 is 1.91 bits per heavy atom. The van der Waals surface area contributed by atoms with Gasteiger partial charge in [-0.3, -0.25) is 4.79 Å². The molecule has 2 N–H and O–H groups in total. The Hall–Kier alpha value is -3.45. The van der Waals surface area contributed by atoms with Crippen molar-refractivity contribution in [3.63, 3.8) is 0 Å². The number of fused-ring (bicyclic) bond motifs is 2. The number of carbonyl (C=O) groups is 1. The molecule has 6 rings (SSSR count). The molecule has 2 aliphatic heterocycles. The van der Waals surface area contributed by atoms with Crippen molar-refractivity contribution in [3.8, 4) is 0 Å². The first kappa shape index (κ1) is 21.1. The summed E-state index contributed by atoms with van der Waals surface area (Å²) in [6, 6.07) is 16.3. The molecule has 0 aliphatic carbocycles. The van der Waals surface area contributed by atoms with Gasteiger partial charge in [0.15, 0.2) is 5.65 Å². The van der Waals surface area contributed by atoms with Crippen LogP contribution in [-0.2, 0) is 0 Å². The molecule has 0 unspecified atom stereocenters. The Balaban J connectivity index is 1.35. The van der Waals surface area contributed by atoms with Gasteiger partial charge in [-0.2, -0.15) is 5.10 Å². The van der Waals surface area contributed by atoms with E-state index in [1.165, 1.54) is 0 Å². The highest BCUT2D eigenvalue weighted by atomic mass is 16.2. The van der Waals surface area contributed by atoms with E-state index in [0.717, 1.165) is 84.4 Å². The van der Waals surface area contributed by atoms with Gasteiger partial charge < -0.3 is 15.5 Å². The van der Waals surface area contributed by atoms with Gasteiger partial charge in [-0.1, -0.05) is 36.4 Å². The first-order valence-electron chi connectivity index (χ1n) is 12.2. The smallest absolute Gasteiger partial charge is 0.255 e. The molecule has 4 aromatic rings. The van der Waals surface area contributed by atoms with E-state index >= 15 is 0 Å². The van der Waals surface area contributed by atoms with Crippen LogP contribution < -0.4 is 10.6 Å². The predicted octanol–water partition coefficient (Wildman–Crippen LogP) is 4.10. The molecule has 2 aliphatic rings. The SMILES string of the molecule is Cc1cn2nc([C@@H]3CCCCN3C(=O)c3cccc4ccccc34)cc2nc1N1CC[C@H](N)C1. The van der Waals surface area contributed by atoms with Crippen LogP contribution in [0, 0.1) is 6.92 Å². The second-order valence-electron chi connectivity index (χ2n) is 9.65. The molecule has 0 radical (unpaired) electrons. The summed E-state index contributed by atoms with van der Waals surface area (Å²) in [5.74, 6) is 1.06. The largest absolute Gasteiger partial charge is 0.355 e. The Labute approximate surface area is 199 Å². The average Bonchev–Trinajstić information content (AvgIpc) is 3.48. The van der Waals surface area contributed by atoms with E-state index in [1.54, 1.807) is 0 Å². The van der Waals surface area contributed by atoms with Gasteiger partial charge in [0.05, 0.1) is 11.7 Å². The lowest BCUT2D eigenvalue weighted by molar-refractivity contribution is 0.0608. The fraction of sp³-hybridized carbons (Fsp3) is 0.370. The lowest BCUT2D eigenvalue weighted by atomic mass is 9.96. The predicted molar refractivity (Wildman–Crippen MR) is 134 cm³/mol. The summed E-state index contributed by atoms with van der Waals surface area (Å²) in [5, 5.41) is 6.97. The Morgan fingerprint density at radius 1 is 1.06 bits per heavy atom. The number of aromatic nitrogens is 3. The standard InChI is InChI=1S/C27H30N6O/c1-18-16-33-25(29-26(18)31-14-12-20(28)17-31)15-23(30-33)24-11-4-5-13-32(24)27(34)22-10-6-8-19-7-2-3-9-21(19)22/h2-3,6-10,15-16,20,24H,4-5,11-14,17,28H2,1H3/t20-,24-/m0/s1. The van der Waals surface area contributed by atoms with Crippen LogP contribution in [0.15, 0.2) is 54.7 Å². The maximum absolute atomic E-state index is 13.8. The van der Waals surface area contributed by atoms with Crippen LogP contribution in [0.4, 0.5) is 5.82 Å². The number of anilines is 1. The summed E-state index contributed by atoms with van der Waals surface area (Å²) in [6.07, 6.45) is 6.04. The highest BCUT2D eigenvalue weighted by molar-refractivity contribution is 6.07. The highest BCUT2D eigenvalue weighted by Crippen LogP contribution is 2.34. The van der Waals surface area contributed by atoms with Crippen molar-refractivity contribution in [2.75, 3.05) is 24.5 Å². The molecule has 1 amide bonds. The van der Waals surface area contributed by atoms with E-state index in [1.807, 2.05) is 45.9 Å². The van der Waals surface area contributed by atoms with Gasteiger partial charge in [-0.05, 0) is 49.4 Å². The van der Waals surface area contributed by atoms with Gasteiger partial charge >= 0.3 is 0 Å². The number of hydrogen-bond donors (Lipinski definition) is 1. The number of piperidine rings is 1. The Kier molecular flexibility index (Phi) is 5.21. The molecule has 2 aromatic heterocycles. The van der Waals surface area contributed by atoms with Crippen LogP contribution in [-0.4, -0.2) is 51.1 Å². The number of rotatable bonds is 3. The zero-order valence-electron chi connectivity index (χ0n) is 19.5. The average molecular weight is 455 g/mol. The minimum Gasteiger partial charge on any atom is -0.355 e. The highest BCUT2D eigenvalue weighted by Gasteiger charge is 2.31. The van der Waals surface area contributed by atoms with Gasteiger partial charge in [-0.25, -0.2) is 9.50 Å². The number of hydrogen-bond acceptors (Lipinski definition) is 5. The third kappa shape index (κ3) is 3.60. The van der Waals surface area contributed by atoms with Gasteiger partial charge in [0.1, 0.15) is 5.82 Å². The number of nitrogens with zero attached hydrogens (tertiary/aromatic N) is 5. The second-order valence-corrected chi connectivity index (χ2v) is 9.65. The molecule has 4 heterocycles. The van der Waals surface area contributed by atoms with Crippen LogP contribution in [0.2, 0.25) is 0 Å². The van der Waals surface area contributed by atoms with Gasteiger partial charge in [-0.15, -0.1) is 0 Å². The van der Waals surface area contributed by atoms with Gasteiger partial charge in [0.2, 0.25) is 0 Å². The molecule has 2 saturated heterocycles. The molecular formula is C27H30N6O. The normalized spacial score (nSPS) is 21.0. The van der Waals surface area contributed by atoms with Crippen LogP contribution in [0.1, 0.15) is 53.3 Å². The topological polar surface area (TPSA) is 79.8 Å². The number of benzene rings is 2. The van der Waals surface area contributed by atoms with Crippen molar-refractivity contribution in [1.82, 2.24) is 19.5 Å². The maximum atomic E-state index is 13.8. The summed E-state index contributed by atoms with van der Waals surface area (Å²) in [5.41, 5.74) is 9.71. The van der Waals surface area contributed by atoms with Gasteiger partial charge in [0.25, 0.3) is 5.91 Å². The molecule has 7 nitrogen and oxygen atoms in total. The summed E-state index contributed by atoms with van der Waals surface area (Å²) >= 11 is 0.